The predicted octanol–water partition coefficient (Wildman–Crippen LogP) is 1.76. The van der Waals surface area contributed by atoms with Gasteiger partial charge in [-0.25, -0.2) is 0 Å². The van der Waals surface area contributed by atoms with Crippen molar-refractivity contribution in [3.63, 3.8) is 0 Å². The Hall–Kier alpha value is -1.52. The summed E-state index contributed by atoms with van der Waals surface area (Å²) < 4.78 is 1.71. The van der Waals surface area contributed by atoms with Crippen LogP contribution in [0.2, 0.25) is 0 Å². The molecule has 4 nitrogen and oxygen atoms in total. The van der Waals surface area contributed by atoms with E-state index in [0.29, 0.717) is 6.54 Å². The lowest BCUT2D eigenvalue weighted by molar-refractivity contribution is -0.114. The Bertz CT molecular complexity index is 577. The molecule has 0 saturated heterocycles. The molecule has 0 unspecified atom stereocenters. The van der Waals surface area contributed by atoms with Crippen LogP contribution in [0.3, 0.4) is 0 Å². The van der Waals surface area contributed by atoms with E-state index in [9.17, 15) is 4.79 Å². The van der Waals surface area contributed by atoms with Gasteiger partial charge in [-0.2, -0.15) is 0 Å². The van der Waals surface area contributed by atoms with E-state index >= 15 is 0 Å². The second-order valence-corrected chi connectivity index (χ2v) is 4.52. The first kappa shape index (κ1) is 12.9. The number of fused-ring (bicyclic) bond motifs is 1. The van der Waals surface area contributed by atoms with E-state index in [-0.39, 0.29) is 11.8 Å². The number of carbonyl (C=O) groups is 1. The average molecular weight is 266 g/mol. The van der Waals surface area contributed by atoms with E-state index in [4.69, 9.17) is 17.3 Å². The Morgan fingerprint density at radius 2 is 2.28 bits per heavy atom. The number of nitrogens with two attached hydrogens (primary N) is 1. The first-order valence-corrected chi connectivity index (χ1v) is 6.35. The smallest absolute Gasteiger partial charge is 0.253 e. The molecule has 3 N–H and O–H groups in total. The summed E-state index contributed by atoms with van der Waals surface area (Å²) in [6.07, 6.45) is 2.69. The highest BCUT2D eigenvalue weighted by molar-refractivity contribution is 6.28. The highest BCUT2D eigenvalue weighted by Gasteiger charge is 2.09. The SMILES string of the molecule is Cc1ccc2c(c1)c(CCN)cn2NC(=O)CCl. The zero-order chi connectivity index (χ0) is 13.1. The molecule has 5 heteroatoms. The number of halogens is 1. The minimum Gasteiger partial charge on any atom is -0.330 e. The van der Waals surface area contributed by atoms with E-state index in [1.54, 1.807) is 4.68 Å². The van der Waals surface area contributed by atoms with Crippen LogP contribution in [0.4, 0.5) is 0 Å². The fraction of sp³-hybridized carbons (Fsp3) is 0.308. The Labute approximate surface area is 111 Å². The molecular formula is C13H16ClN3O. The Balaban J connectivity index is 2.50. The summed E-state index contributed by atoms with van der Waals surface area (Å²) in [5, 5.41) is 1.12. The van der Waals surface area contributed by atoms with Gasteiger partial charge in [0.2, 0.25) is 0 Å². The van der Waals surface area contributed by atoms with E-state index in [2.05, 4.69) is 11.5 Å². The summed E-state index contributed by atoms with van der Waals surface area (Å²) in [4.78, 5) is 11.4. The van der Waals surface area contributed by atoms with Crippen LogP contribution in [-0.4, -0.2) is 23.0 Å². The Kier molecular flexibility index (Phi) is 3.89. The summed E-state index contributed by atoms with van der Waals surface area (Å²) in [6.45, 7) is 2.62. The van der Waals surface area contributed by atoms with Crippen LogP contribution in [0, 0.1) is 6.92 Å². The summed E-state index contributed by atoms with van der Waals surface area (Å²) >= 11 is 5.50. The van der Waals surface area contributed by atoms with Crippen LogP contribution in [0.5, 0.6) is 0 Å². The predicted molar refractivity (Wildman–Crippen MR) is 74.5 cm³/mol. The van der Waals surface area contributed by atoms with E-state index in [1.165, 1.54) is 5.56 Å². The molecule has 1 aromatic carbocycles. The summed E-state index contributed by atoms with van der Waals surface area (Å²) in [5.41, 5.74) is 11.6. The molecule has 1 aromatic heterocycles. The number of rotatable bonds is 4. The van der Waals surface area contributed by atoms with Crippen LogP contribution in [-0.2, 0) is 11.2 Å². The standard InChI is InChI=1S/C13H16ClN3O/c1-9-2-3-12-11(6-9)10(4-5-15)8-17(12)16-13(18)7-14/h2-3,6,8H,4-5,7,15H2,1H3,(H,16,18). The van der Waals surface area contributed by atoms with Crippen molar-refractivity contribution in [1.29, 1.82) is 0 Å². The van der Waals surface area contributed by atoms with E-state index in [0.717, 1.165) is 22.9 Å². The number of aromatic nitrogens is 1. The molecule has 0 radical (unpaired) electrons. The summed E-state index contributed by atoms with van der Waals surface area (Å²) in [5.74, 6) is -0.286. The molecule has 1 amide bonds. The van der Waals surface area contributed by atoms with Crippen LogP contribution in [0.1, 0.15) is 11.1 Å². The zero-order valence-electron chi connectivity index (χ0n) is 10.2. The molecule has 0 aliphatic carbocycles. The zero-order valence-corrected chi connectivity index (χ0v) is 11.0. The molecule has 96 valence electrons. The lowest BCUT2D eigenvalue weighted by atomic mass is 10.1. The molecule has 0 aliphatic heterocycles. The van der Waals surface area contributed by atoms with Gasteiger partial charge in [0, 0.05) is 11.6 Å². The summed E-state index contributed by atoms with van der Waals surface area (Å²) in [7, 11) is 0. The van der Waals surface area contributed by atoms with Crippen molar-refractivity contribution in [2.75, 3.05) is 17.9 Å². The summed E-state index contributed by atoms with van der Waals surface area (Å²) in [6, 6.07) is 6.10. The van der Waals surface area contributed by atoms with Crippen LogP contribution in [0.15, 0.2) is 24.4 Å². The number of aryl methyl sites for hydroxylation is 1. The fourth-order valence-corrected chi connectivity index (χ4v) is 2.08. The fourth-order valence-electron chi connectivity index (χ4n) is 2.02. The maximum absolute atomic E-state index is 11.4. The van der Waals surface area contributed by atoms with E-state index in [1.807, 2.05) is 25.3 Å². The van der Waals surface area contributed by atoms with Gasteiger partial charge < -0.3 is 5.73 Å². The van der Waals surface area contributed by atoms with E-state index < -0.39 is 0 Å². The molecule has 18 heavy (non-hydrogen) atoms. The van der Waals surface area contributed by atoms with Gasteiger partial charge in [0.1, 0.15) is 5.88 Å². The quantitative estimate of drug-likeness (QED) is 0.828. The number of carbonyl (C=O) groups excluding carboxylic acids is 1. The third kappa shape index (κ3) is 2.49. The highest BCUT2D eigenvalue weighted by Crippen LogP contribution is 2.22. The molecule has 0 bridgehead atoms. The van der Waals surface area contributed by atoms with Gasteiger partial charge in [0.25, 0.3) is 5.91 Å². The maximum atomic E-state index is 11.4. The molecule has 0 saturated carbocycles. The molecule has 0 aliphatic rings. The molecule has 0 fully saturated rings. The van der Waals surface area contributed by atoms with Crippen molar-refractivity contribution in [2.45, 2.75) is 13.3 Å². The van der Waals surface area contributed by atoms with Gasteiger partial charge >= 0.3 is 0 Å². The highest BCUT2D eigenvalue weighted by atomic mass is 35.5. The van der Waals surface area contributed by atoms with Crippen molar-refractivity contribution < 1.29 is 4.79 Å². The topological polar surface area (TPSA) is 60.0 Å². The molecular weight excluding hydrogens is 250 g/mol. The van der Waals surface area contributed by atoms with Gasteiger partial charge in [-0.1, -0.05) is 11.6 Å². The van der Waals surface area contributed by atoms with Crippen molar-refractivity contribution in [3.8, 4) is 0 Å². The first-order chi connectivity index (χ1) is 8.65. The number of hydrogen-bond acceptors (Lipinski definition) is 2. The monoisotopic (exact) mass is 265 g/mol. The van der Waals surface area contributed by atoms with Crippen LogP contribution in [0.25, 0.3) is 10.9 Å². The third-order valence-electron chi connectivity index (χ3n) is 2.82. The van der Waals surface area contributed by atoms with Crippen molar-refractivity contribution in [1.82, 2.24) is 4.68 Å². The van der Waals surface area contributed by atoms with Gasteiger partial charge in [-0.15, -0.1) is 11.6 Å². The molecule has 0 atom stereocenters. The van der Waals surface area contributed by atoms with Crippen molar-refractivity contribution in [3.05, 3.63) is 35.5 Å². The number of nitrogens with one attached hydrogen (secondary N) is 1. The number of hydrogen-bond donors (Lipinski definition) is 2. The number of amides is 1. The van der Waals surface area contributed by atoms with Gasteiger partial charge in [0.15, 0.2) is 0 Å². The molecule has 2 rings (SSSR count). The third-order valence-corrected chi connectivity index (χ3v) is 3.07. The number of benzene rings is 1. The number of alkyl halides is 1. The number of nitrogens with zero attached hydrogens (tertiary/aromatic N) is 1. The van der Waals surface area contributed by atoms with Crippen molar-refractivity contribution >= 4 is 28.4 Å². The Morgan fingerprint density at radius 3 is 2.94 bits per heavy atom. The minimum absolute atomic E-state index is 0.0578. The van der Waals surface area contributed by atoms with Crippen molar-refractivity contribution in [2.24, 2.45) is 5.73 Å². The average Bonchev–Trinajstić information content (AvgIpc) is 2.67. The Morgan fingerprint density at radius 1 is 1.50 bits per heavy atom. The molecule has 0 spiro atoms. The minimum atomic E-state index is -0.228. The first-order valence-electron chi connectivity index (χ1n) is 5.82. The van der Waals surface area contributed by atoms with Crippen LogP contribution < -0.4 is 11.2 Å². The lowest BCUT2D eigenvalue weighted by Gasteiger charge is -2.05. The van der Waals surface area contributed by atoms with Crippen LogP contribution >= 0.6 is 11.6 Å². The van der Waals surface area contributed by atoms with Gasteiger partial charge in [-0.3, -0.25) is 14.9 Å². The van der Waals surface area contributed by atoms with Gasteiger partial charge in [0.05, 0.1) is 5.52 Å². The molecule has 1 heterocycles. The largest absolute Gasteiger partial charge is 0.330 e. The normalized spacial score (nSPS) is 10.8. The second-order valence-electron chi connectivity index (χ2n) is 4.25. The maximum Gasteiger partial charge on any atom is 0.253 e. The second kappa shape index (κ2) is 5.42. The molecule has 2 aromatic rings. The lowest BCUT2D eigenvalue weighted by Crippen LogP contribution is -2.22. The van der Waals surface area contributed by atoms with Gasteiger partial charge in [-0.05, 0) is 37.6 Å².